The van der Waals surface area contributed by atoms with E-state index in [1.807, 2.05) is 0 Å². The van der Waals surface area contributed by atoms with Gasteiger partial charge in [0.05, 0.1) is 22.0 Å². The molecule has 2 aromatic rings. The lowest BCUT2D eigenvalue weighted by molar-refractivity contribution is -0.116. The van der Waals surface area contributed by atoms with Crippen LogP contribution in [0.25, 0.3) is 0 Å². The van der Waals surface area contributed by atoms with E-state index in [4.69, 9.17) is 11.6 Å². The van der Waals surface area contributed by atoms with Gasteiger partial charge in [-0.1, -0.05) is 17.7 Å². The van der Waals surface area contributed by atoms with Gasteiger partial charge in [-0.05, 0) is 30.3 Å². The number of carbonyl (C=O) groups excluding carboxylic acids is 2. The van der Waals surface area contributed by atoms with Gasteiger partial charge >= 0.3 is 0 Å². The second kappa shape index (κ2) is 6.21. The van der Waals surface area contributed by atoms with Crippen LogP contribution in [0.3, 0.4) is 0 Å². The molecule has 24 heavy (non-hydrogen) atoms. The summed E-state index contributed by atoms with van der Waals surface area (Å²) in [7, 11) is -3.71. The Hall–Kier alpha value is -2.45. The number of hydrogen-bond donors (Lipinski definition) is 1. The van der Waals surface area contributed by atoms with Crippen LogP contribution in [0.2, 0.25) is 5.02 Å². The first-order valence-electron chi connectivity index (χ1n) is 6.96. The summed E-state index contributed by atoms with van der Waals surface area (Å²) >= 11 is 6.04. The lowest BCUT2D eigenvalue weighted by atomic mass is 10.2. The van der Waals surface area contributed by atoms with Crippen molar-refractivity contribution in [3.63, 3.8) is 0 Å². The number of amides is 2. The lowest BCUT2D eigenvalue weighted by Crippen LogP contribution is -2.29. The second-order valence-electron chi connectivity index (χ2n) is 5.06. The summed E-state index contributed by atoms with van der Waals surface area (Å²) in [5, 5.41) is 2.70. The molecule has 2 heterocycles. The Kier molecular flexibility index (Phi) is 4.25. The molecule has 0 aliphatic carbocycles. The highest BCUT2D eigenvalue weighted by Crippen LogP contribution is 2.29. The fourth-order valence-electron chi connectivity index (χ4n) is 2.30. The second-order valence-corrected chi connectivity index (χ2v) is 7.40. The average Bonchev–Trinajstić information content (AvgIpc) is 2.82. The molecule has 1 fully saturated rings. The normalized spacial score (nSPS) is 16.2. The number of halogens is 1. The summed E-state index contributed by atoms with van der Waals surface area (Å²) < 4.78 is 24.7. The van der Waals surface area contributed by atoms with E-state index >= 15 is 0 Å². The minimum absolute atomic E-state index is 0.0507. The molecule has 1 aliphatic heterocycles. The summed E-state index contributed by atoms with van der Waals surface area (Å²) in [5.41, 5.74) is 0.141. The van der Waals surface area contributed by atoms with E-state index in [9.17, 15) is 18.0 Å². The first-order chi connectivity index (χ1) is 11.4. The Labute approximate surface area is 143 Å². The third kappa shape index (κ3) is 3.10. The third-order valence-electron chi connectivity index (χ3n) is 3.41. The van der Waals surface area contributed by atoms with Gasteiger partial charge in [0, 0.05) is 12.6 Å². The van der Waals surface area contributed by atoms with Crippen molar-refractivity contribution < 1.29 is 18.0 Å². The molecule has 0 spiro atoms. The molecule has 0 radical (unpaired) electrons. The molecule has 9 heteroatoms. The number of rotatable bonds is 3. The molecule has 3 rings (SSSR count). The molecule has 0 saturated carbocycles. The maximum Gasteiger partial charge on any atom is 0.258 e. The summed E-state index contributed by atoms with van der Waals surface area (Å²) in [5.74, 6) is -1.00. The predicted molar refractivity (Wildman–Crippen MR) is 89.5 cm³/mol. The van der Waals surface area contributed by atoms with E-state index in [1.54, 1.807) is 18.2 Å². The number of nitrogens with zero attached hydrogens (tertiary/aromatic N) is 2. The SMILES string of the molecule is O=C(Nc1ccccn1)c1cc(N2C(=O)CCS2(=O)=O)ccc1Cl. The summed E-state index contributed by atoms with van der Waals surface area (Å²) in [6.07, 6.45) is 1.43. The van der Waals surface area contributed by atoms with Crippen molar-refractivity contribution in [2.75, 3.05) is 15.4 Å². The minimum Gasteiger partial charge on any atom is -0.307 e. The van der Waals surface area contributed by atoms with Gasteiger partial charge in [0.1, 0.15) is 5.82 Å². The Bertz CT molecular complexity index is 916. The van der Waals surface area contributed by atoms with Crippen molar-refractivity contribution in [3.05, 3.63) is 53.2 Å². The zero-order valence-corrected chi connectivity index (χ0v) is 13.8. The third-order valence-corrected chi connectivity index (χ3v) is 5.43. The zero-order valence-electron chi connectivity index (χ0n) is 12.3. The minimum atomic E-state index is -3.71. The number of hydrogen-bond acceptors (Lipinski definition) is 5. The summed E-state index contributed by atoms with van der Waals surface area (Å²) in [6, 6.07) is 9.06. The van der Waals surface area contributed by atoms with E-state index < -0.39 is 21.8 Å². The monoisotopic (exact) mass is 365 g/mol. The number of carbonyl (C=O) groups is 2. The first-order valence-corrected chi connectivity index (χ1v) is 8.95. The van der Waals surface area contributed by atoms with E-state index in [2.05, 4.69) is 10.3 Å². The van der Waals surface area contributed by atoms with E-state index in [1.165, 1.54) is 24.4 Å². The molecule has 1 aromatic carbocycles. The first kappa shape index (κ1) is 16.4. The van der Waals surface area contributed by atoms with Crippen LogP contribution in [0.4, 0.5) is 11.5 Å². The molecular weight excluding hydrogens is 354 g/mol. The number of aromatic nitrogens is 1. The number of pyridine rings is 1. The number of nitrogens with one attached hydrogen (secondary N) is 1. The molecule has 7 nitrogen and oxygen atoms in total. The van der Waals surface area contributed by atoms with Crippen molar-refractivity contribution >= 4 is 44.9 Å². The van der Waals surface area contributed by atoms with Gasteiger partial charge in [-0.3, -0.25) is 9.59 Å². The molecule has 1 N–H and O–H groups in total. The van der Waals surface area contributed by atoms with Gasteiger partial charge in [0.25, 0.3) is 5.91 Å². The average molecular weight is 366 g/mol. The summed E-state index contributed by atoms with van der Waals surface area (Å²) in [6.45, 7) is 0. The van der Waals surface area contributed by atoms with Gasteiger partial charge in [-0.2, -0.15) is 0 Å². The van der Waals surface area contributed by atoms with Crippen LogP contribution in [-0.2, 0) is 14.8 Å². The van der Waals surface area contributed by atoms with Gasteiger partial charge < -0.3 is 5.32 Å². The lowest BCUT2D eigenvalue weighted by Gasteiger charge is -2.16. The Morgan fingerprint density at radius 1 is 1.25 bits per heavy atom. The molecule has 124 valence electrons. The van der Waals surface area contributed by atoms with Crippen LogP contribution >= 0.6 is 11.6 Å². The van der Waals surface area contributed by atoms with Gasteiger partial charge in [-0.15, -0.1) is 0 Å². The highest BCUT2D eigenvalue weighted by molar-refractivity contribution is 7.94. The quantitative estimate of drug-likeness (QED) is 0.897. The zero-order chi connectivity index (χ0) is 17.3. The topological polar surface area (TPSA) is 96.4 Å². The van der Waals surface area contributed by atoms with Crippen LogP contribution in [0, 0.1) is 0 Å². The van der Waals surface area contributed by atoms with Crippen LogP contribution in [0.1, 0.15) is 16.8 Å². The molecule has 0 unspecified atom stereocenters. The van der Waals surface area contributed by atoms with Crippen LogP contribution in [0.15, 0.2) is 42.6 Å². The van der Waals surface area contributed by atoms with Crippen LogP contribution in [-0.4, -0.2) is 31.0 Å². The largest absolute Gasteiger partial charge is 0.307 e. The maximum absolute atomic E-state index is 12.4. The van der Waals surface area contributed by atoms with E-state index in [0.29, 0.717) is 10.1 Å². The maximum atomic E-state index is 12.4. The Balaban J connectivity index is 1.95. The molecular formula is C15H12ClN3O4S. The Morgan fingerprint density at radius 2 is 2.04 bits per heavy atom. The highest BCUT2D eigenvalue weighted by atomic mass is 35.5. The van der Waals surface area contributed by atoms with Crippen molar-refractivity contribution in [1.82, 2.24) is 4.98 Å². The van der Waals surface area contributed by atoms with E-state index in [-0.39, 0.29) is 28.4 Å². The fraction of sp³-hybridized carbons (Fsp3) is 0.133. The Morgan fingerprint density at radius 3 is 2.67 bits per heavy atom. The smallest absolute Gasteiger partial charge is 0.258 e. The summed E-state index contributed by atoms with van der Waals surface area (Å²) in [4.78, 5) is 28.2. The molecule has 0 bridgehead atoms. The highest BCUT2D eigenvalue weighted by Gasteiger charge is 2.36. The van der Waals surface area contributed by atoms with Crippen molar-refractivity contribution in [2.45, 2.75) is 6.42 Å². The van der Waals surface area contributed by atoms with Gasteiger partial charge in [0.2, 0.25) is 15.9 Å². The number of anilines is 2. The molecule has 1 aliphatic rings. The fourth-order valence-corrected chi connectivity index (χ4v) is 3.96. The molecule has 1 saturated heterocycles. The molecule has 1 aromatic heterocycles. The number of sulfonamides is 1. The standard InChI is InChI=1S/C15H12ClN3O4S/c16-12-5-4-10(19-14(20)6-8-24(19,22)23)9-11(12)15(21)18-13-3-1-2-7-17-13/h1-5,7,9H,6,8H2,(H,17,18,21). The molecule has 2 amide bonds. The van der Waals surface area contributed by atoms with Gasteiger partial charge in [0.15, 0.2) is 0 Å². The van der Waals surface area contributed by atoms with E-state index in [0.717, 1.165) is 0 Å². The van der Waals surface area contributed by atoms with Crippen molar-refractivity contribution in [1.29, 1.82) is 0 Å². The van der Waals surface area contributed by atoms with Crippen molar-refractivity contribution in [2.24, 2.45) is 0 Å². The van der Waals surface area contributed by atoms with Crippen LogP contribution < -0.4 is 9.62 Å². The van der Waals surface area contributed by atoms with Crippen LogP contribution in [0.5, 0.6) is 0 Å². The molecule has 0 atom stereocenters. The number of benzene rings is 1. The van der Waals surface area contributed by atoms with Crippen molar-refractivity contribution in [3.8, 4) is 0 Å². The predicted octanol–water partition coefficient (Wildman–Crippen LogP) is 2.05. The van der Waals surface area contributed by atoms with Gasteiger partial charge in [-0.25, -0.2) is 17.7 Å².